The van der Waals surface area contributed by atoms with Crippen LogP contribution in [0.25, 0.3) is 0 Å². The van der Waals surface area contributed by atoms with Crippen molar-refractivity contribution in [3.05, 3.63) is 35.4 Å². The highest BCUT2D eigenvalue weighted by atomic mass is 14.8. The smallest absolute Gasteiger partial charge is 0.0337 e. The maximum Gasteiger partial charge on any atom is 0.0337 e. The van der Waals surface area contributed by atoms with Gasteiger partial charge in [-0.05, 0) is 66.9 Å². The first-order valence-corrected chi connectivity index (χ1v) is 7.63. The molecular formula is C17H21N. The molecule has 4 bridgehead atoms. The highest BCUT2D eigenvalue weighted by Gasteiger charge is 2.62. The number of benzene rings is 1. The Kier molecular flexibility index (Phi) is 1.68. The van der Waals surface area contributed by atoms with Crippen LogP contribution in [0.5, 0.6) is 0 Å². The van der Waals surface area contributed by atoms with Gasteiger partial charge in [-0.2, -0.15) is 0 Å². The summed E-state index contributed by atoms with van der Waals surface area (Å²) in [7, 11) is 0. The fourth-order valence-electron chi connectivity index (χ4n) is 6.55. The molecule has 0 heterocycles. The number of hydrogen-bond acceptors (Lipinski definition) is 1. The van der Waals surface area contributed by atoms with Gasteiger partial charge in [0.1, 0.15) is 0 Å². The van der Waals surface area contributed by atoms with Gasteiger partial charge in [0.05, 0.1) is 0 Å². The molecule has 2 N–H and O–H groups in total. The minimum absolute atomic E-state index is 0.325. The first-order valence-electron chi connectivity index (χ1n) is 7.63. The standard InChI is InChI=1S/C17H21N/c18-16-13-3-1-2-4-14(13)17-8-10-5-11(9-17)7-12(6-10)15(16)17/h1-4,10-12,15-16H,5-9,18H2/t10?,11?,12?,15-,16-,17?/m1/s1. The Hall–Kier alpha value is -0.820. The van der Waals surface area contributed by atoms with E-state index in [1.807, 2.05) is 0 Å². The first-order chi connectivity index (χ1) is 8.78. The second-order valence-corrected chi connectivity index (χ2v) is 7.40. The van der Waals surface area contributed by atoms with E-state index in [0.717, 1.165) is 23.7 Å². The lowest BCUT2D eigenvalue weighted by Crippen LogP contribution is -2.54. The minimum Gasteiger partial charge on any atom is -0.324 e. The summed E-state index contributed by atoms with van der Waals surface area (Å²) >= 11 is 0. The highest BCUT2D eigenvalue weighted by Crippen LogP contribution is 2.69. The quantitative estimate of drug-likeness (QED) is 0.738. The van der Waals surface area contributed by atoms with Gasteiger partial charge in [-0.3, -0.25) is 0 Å². The molecule has 1 spiro atoms. The lowest BCUT2D eigenvalue weighted by atomic mass is 9.45. The van der Waals surface area contributed by atoms with E-state index in [-0.39, 0.29) is 0 Å². The van der Waals surface area contributed by atoms with E-state index in [9.17, 15) is 0 Å². The monoisotopic (exact) mass is 239 g/mol. The third-order valence-corrected chi connectivity index (χ3v) is 6.63. The second kappa shape index (κ2) is 3.01. The van der Waals surface area contributed by atoms with Gasteiger partial charge >= 0.3 is 0 Å². The molecule has 1 nitrogen and oxygen atoms in total. The Morgan fingerprint density at radius 1 is 1.00 bits per heavy atom. The molecule has 6 rings (SSSR count). The van der Waals surface area contributed by atoms with Gasteiger partial charge in [0.2, 0.25) is 0 Å². The molecule has 94 valence electrons. The Balaban J connectivity index is 1.76. The Labute approximate surface area is 109 Å². The van der Waals surface area contributed by atoms with Gasteiger partial charge < -0.3 is 5.73 Å². The number of fused-ring (bicyclic) bond motifs is 1. The third-order valence-electron chi connectivity index (χ3n) is 6.63. The second-order valence-electron chi connectivity index (χ2n) is 7.40. The molecule has 1 heteroatoms. The molecule has 2 unspecified atom stereocenters. The summed E-state index contributed by atoms with van der Waals surface area (Å²) < 4.78 is 0. The third kappa shape index (κ3) is 0.967. The number of nitrogens with two attached hydrogens (primary N) is 1. The lowest BCUT2D eigenvalue weighted by Gasteiger charge is -2.60. The van der Waals surface area contributed by atoms with Gasteiger partial charge in [-0.1, -0.05) is 24.3 Å². The number of hydrogen-bond donors (Lipinski definition) is 1. The van der Waals surface area contributed by atoms with Crippen molar-refractivity contribution in [3.8, 4) is 0 Å². The van der Waals surface area contributed by atoms with E-state index in [2.05, 4.69) is 24.3 Å². The van der Waals surface area contributed by atoms with E-state index in [1.54, 1.807) is 5.56 Å². The Morgan fingerprint density at radius 3 is 2.50 bits per heavy atom. The molecular weight excluding hydrogens is 218 g/mol. The summed E-state index contributed by atoms with van der Waals surface area (Å²) in [6.45, 7) is 0. The van der Waals surface area contributed by atoms with Crippen LogP contribution < -0.4 is 5.73 Å². The van der Waals surface area contributed by atoms with Crippen LogP contribution in [0.3, 0.4) is 0 Å². The SMILES string of the molecule is N[C@@H]1c2ccccc2C23CC4CC(CC(C4)[C@H]12)C3. The van der Waals surface area contributed by atoms with Crippen LogP contribution >= 0.6 is 0 Å². The zero-order chi connectivity index (χ0) is 11.9. The van der Waals surface area contributed by atoms with Crippen molar-refractivity contribution >= 4 is 0 Å². The topological polar surface area (TPSA) is 26.0 Å². The molecule has 4 fully saturated rings. The maximum atomic E-state index is 6.65. The zero-order valence-corrected chi connectivity index (χ0v) is 10.8. The van der Waals surface area contributed by atoms with Crippen molar-refractivity contribution < 1.29 is 0 Å². The molecule has 0 radical (unpaired) electrons. The minimum atomic E-state index is 0.325. The normalized spacial score (nSPS) is 51.3. The molecule has 0 aromatic heterocycles. The van der Waals surface area contributed by atoms with Gasteiger partial charge in [-0.25, -0.2) is 0 Å². The predicted molar refractivity (Wildman–Crippen MR) is 72.1 cm³/mol. The fraction of sp³-hybridized carbons (Fsp3) is 0.647. The molecule has 5 aliphatic carbocycles. The van der Waals surface area contributed by atoms with Crippen molar-refractivity contribution in [1.29, 1.82) is 0 Å². The number of rotatable bonds is 0. The maximum absolute atomic E-state index is 6.65. The van der Waals surface area contributed by atoms with Crippen LogP contribution in [0.15, 0.2) is 24.3 Å². The lowest BCUT2D eigenvalue weighted by molar-refractivity contribution is -0.0606. The summed E-state index contributed by atoms with van der Waals surface area (Å²) in [5.74, 6) is 3.72. The van der Waals surface area contributed by atoms with Crippen molar-refractivity contribution in [2.75, 3.05) is 0 Å². The molecule has 0 aliphatic heterocycles. The van der Waals surface area contributed by atoms with Crippen LogP contribution in [0.2, 0.25) is 0 Å². The Bertz CT molecular complexity index is 506. The van der Waals surface area contributed by atoms with Crippen molar-refractivity contribution in [3.63, 3.8) is 0 Å². The molecule has 18 heavy (non-hydrogen) atoms. The molecule has 4 atom stereocenters. The Morgan fingerprint density at radius 2 is 1.72 bits per heavy atom. The zero-order valence-electron chi connectivity index (χ0n) is 10.8. The summed E-state index contributed by atoms with van der Waals surface area (Å²) in [5, 5.41) is 0. The van der Waals surface area contributed by atoms with Gasteiger partial charge in [0.25, 0.3) is 0 Å². The largest absolute Gasteiger partial charge is 0.324 e. The van der Waals surface area contributed by atoms with Crippen LogP contribution in [-0.4, -0.2) is 0 Å². The molecule has 1 aromatic rings. The van der Waals surface area contributed by atoms with Crippen LogP contribution in [0.4, 0.5) is 0 Å². The molecule has 0 saturated heterocycles. The van der Waals surface area contributed by atoms with Crippen molar-refractivity contribution in [2.24, 2.45) is 29.4 Å². The van der Waals surface area contributed by atoms with Gasteiger partial charge in [-0.15, -0.1) is 0 Å². The van der Waals surface area contributed by atoms with Crippen LogP contribution in [-0.2, 0) is 5.41 Å². The van der Waals surface area contributed by atoms with E-state index in [4.69, 9.17) is 5.73 Å². The molecule has 5 aliphatic rings. The van der Waals surface area contributed by atoms with Gasteiger partial charge in [0.15, 0.2) is 0 Å². The van der Waals surface area contributed by atoms with Crippen LogP contribution in [0, 0.1) is 23.7 Å². The molecule has 4 saturated carbocycles. The average molecular weight is 239 g/mol. The van der Waals surface area contributed by atoms with Crippen molar-refractivity contribution in [2.45, 2.75) is 43.6 Å². The predicted octanol–water partition coefficient (Wildman–Crippen LogP) is 3.39. The van der Waals surface area contributed by atoms with E-state index >= 15 is 0 Å². The first kappa shape index (κ1) is 10.0. The summed E-state index contributed by atoms with van der Waals surface area (Å²) in [5.41, 5.74) is 10.3. The summed E-state index contributed by atoms with van der Waals surface area (Å²) in [6.07, 6.45) is 7.35. The van der Waals surface area contributed by atoms with Crippen molar-refractivity contribution in [1.82, 2.24) is 0 Å². The van der Waals surface area contributed by atoms with E-state index < -0.39 is 0 Å². The molecule has 1 aromatic carbocycles. The highest BCUT2D eigenvalue weighted by molar-refractivity contribution is 5.46. The van der Waals surface area contributed by atoms with E-state index in [1.165, 1.54) is 37.7 Å². The van der Waals surface area contributed by atoms with Crippen LogP contribution in [0.1, 0.15) is 49.3 Å². The fourth-order valence-corrected chi connectivity index (χ4v) is 6.55. The van der Waals surface area contributed by atoms with Gasteiger partial charge in [0, 0.05) is 11.5 Å². The molecule has 0 amide bonds. The average Bonchev–Trinajstić information content (AvgIpc) is 2.60. The van der Waals surface area contributed by atoms with E-state index in [0.29, 0.717) is 11.5 Å². The summed E-state index contributed by atoms with van der Waals surface area (Å²) in [4.78, 5) is 0. The summed E-state index contributed by atoms with van der Waals surface area (Å²) in [6, 6.07) is 9.42.